The van der Waals surface area contributed by atoms with Crippen LogP contribution < -0.4 is 0 Å². The molecule has 4 heteroatoms. The van der Waals surface area contributed by atoms with E-state index in [2.05, 4.69) is 19.1 Å². The number of carbonyl (C=O) groups excluding carboxylic acids is 3. The summed E-state index contributed by atoms with van der Waals surface area (Å²) >= 11 is 0. The highest BCUT2D eigenvalue weighted by atomic mass is 16.5. The number of ether oxygens (including phenoxy) is 1. The van der Waals surface area contributed by atoms with Gasteiger partial charge in [0.2, 0.25) is 0 Å². The molecule has 0 amide bonds. The molecule has 0 bridgehead atoms. The van der Waals surface area contributed by atoms with E-state index in [-0.39, 0.29) is 36.3 Å². The molecule has 0 heterocycles. The molecule has 2 atom stereocenters. The summed E-state index contributed by atoms with van der Waals surface area (Å²) in [6, 6.07) is 14.0. The molecule has 0 radical (unpaired) electrons. The second-order valence-corrected chi connectivity index (χ2v) is 9.62. The molecule has 0 aromatic heterocycles. The molecule has 0 saturated heterocycles. The first kappa shape index (κ1) is 25.9. The minimum absolute atomic E-state index is 0.0152. The Morgan fingerprint density at radius 2 is 1.76 bits per heavy atom. The van der Waals surface area contributed by atoms with Gasteiger partial charge in [-0.05, 0) is 54.9 Å². The summed E-state index contributed by atoms with van der Waals surface area (Å²) in [5.41, 5.74) is 4.93. The van der Waals surface area contributed by atoms with Crippen molar-refractivity contribution in [1.29, 1.82) is 0 Å². The van der Waals surface area contributed by atoms with E-state index in [1.165, 1.54) is 44.8 Å². The van der Waals surface area contributed by atoms with Crippen LogP contribution in [0.25, 0.3) is 0 Å². The van der Waals surface area contributed by atoms with E-state index in [9.17, 15) is 14.4 Å². The lowest BCUT2D eigenvalue weighted by Crippen LogP contribution is -2.21. The van der Waals surface area contributed by atoms with Crippen molar-refractivity contribution in [1.82, 2.24) is 0 Å². The average Bonchev–Trinajstić information content (AvgIpc) is 2.98. The van der Waals surface area contributed by atoms with E-state index in [1.54, 1.807) is 0 Å². The first-order chi connectivity index (χ1) is 16.4. The molecule has 2 aromatic carbocycles. The van der Waals surface area contributed by atoms with E-state index in [0.717, 1.165) is 23.1 Å². The molecular weight excluding hydrogens is 424 g/mol. The lowest BCUT2D eigenvalue weighted by Gasteiger charge is -2.18. The molecule has 1 aliphatic rings. The number of ketones is 2. The number of carbonyl (C=O) groups is 3. The van der Waals surface area contributed by atoms with Crippen molar-refractivity contribution >= 4 is 17.5 Å². The fourth-order valence-corrected chi connectivity index (χ4v) is 5.09. The van der Waals surface area contributed by atoms with Crippen molar-refractivity contribution in [3.05, 3.63) is 70.3 Å². The predicted octanol–water partition coefficient (Wildman–Crippen LogP) is 6.56. The summed E-state index contributed by atoms with van der Waals surface area (Å²) in [5.74, 6) is -0.986. The molecule has 0 spiro atoms. The lowest BCUT2D eigenvalue weighted by atomic mass is 9.84. The Morgan fingerprint density at radius 3 is 2.50 bits per heavy atom. The van der Waals surface area contributed by atoms with E-state index in [4.69, 9.17) is 4.74 Å². The van der Waals surface area contributed by atoms with Crippen molar-refractivity contribution in [3.63, 3.8) is 0 Å². The topological polar surface area (TPSA) is 60.4 Å². The fraction of sp³-hybridized carbons (Fsp3) is 0.500. The van der Waals surface area contributed by atoms with Gasteiger partial charge in [0.1, 0.15) is 5.78 Å². The maximum Gasteiger partial charge on any atom is 0.305 e. The maximum absolute atomic E-state index is 13.7. The van der Waals surface area contributed by atoms with Crippen LogP contribution in [0.2, 0.25) is 0 Å². The number of unbranched alkanes of at least 4 members (excludes halogenated alkanes) is 4. The quantitative estimate of drug-likeness (QED) is 0.164. The Hall–Kier alpha value is -2.75. The second kappa shape index (κ2) is 12.6. The molecule has 34 heavy (non-hydrogen) atoms. The molecule has 0 fully saturated rings. The summed E-state index contributed by atoms with van der Waals surface area (Å²) in [6.07, 6.45) is 8.67. The highest BCUT2D eigenvalue weighted by Crippen LogP contribution is 2.35. The highest BCUT2D eigenvalue weighted by molar-refractivity contribution is 6.05. The minimum Gasteiger partial charge on any atom is -0.469 e. The lowest BCUT2D eigenvalue weighted by molar-refractivity contribution is -0.141. The molecular formula is C30H38O4. The summed E-state index contributed by atoms with van der Waals surface area (Å²) in [5, 5.41) is 0. The Morgan fingerprint density at radius 1 is 1.00 bits per heavy atom. The van der Waals surface area contributed by atoms with Crippen LogP contribution in [0.3, 0.4) is 0 Å². The molecule has 182 valence electrons. The SMILES string of the molecule is CCCCCCCc1ccc(C(=O)C2CC(=O)C(CCC(=O)OC)Cc3ccccc32)c(C)c1. The zero-order chi connectivity index (χ0) is 24.5. The Bertz CT molecular complexity index is 1010. The van der Waals surface area contributed by atoms with Crippen LogP contribution in [0.5, 0.6) is 0 Å². The molecule has 1 aliphatic carbocycles. The van der Waals surface area contributed by atoms with Gasteiger partial charge in [0.25, 0.3) is 0 Å². The molecule has 2 aromatic rings. The zero-order valence-electron chi connectivity index (χ0n) is 20.9. The molecule has 0 saturated carbocycles. The van der Waals surface area contributed by atoms with Crippen LogP contribution in [0.15, 0.2) is 42.5 Å². The molecule has 2 unspecified atom stereocenters. The van der Waals surface area contributed by atoms with Gasteiger partial charge in [0.15, 0.2) is 5.78 Å². The monoisotopic (exact) mass is 462 g/mol. The number of hydrogen-bond donors (Lipinski definition) is 0. The van der Waals surface area contributed by atoms with Crippen LogP contribution in [-0.2, 0) is 27.2 Å². The van der Waals surface area contributed by atoms with Gasteiger partial charge < -0.3 is 4.74 Å². The summed E-state index contributed by atoms with van der Waals surface area (Å²) in [4.78, 5) is 38.5. The minimum atomic E-state index is -0.481. The third-order valence-electron chi connectivity index (χ3n) is 7.12. The van der Waals surface area contributed by atoms with Crippen molar-refractivity contribution in [2.24, 2.45) is 5.92 Å². The number of hydrogen-bond acceptors (Lipinski definition) is 4. The molecule has 0 aliphatic heterocycles. The van der Waals surface area contributed by atoms with Crippen LogP contribution >= 0.6 is 0 Å². The molecule has 0 N–H and O–H groups in total. The number of aryl methyl sites for hydroxylation is 2. The number of methoxy groups -OCH3 is 1. The van der Waals surface area contributed by atoms with Crippen molar-refractivity contribution in [2.75, 3.05) is 7.11 Å². The predicted molar refractivity (Wildman–Crippen MR) is 135 cm³/mol. The summed E-state index contributed by atoms with van der Waals surface area (Å²) in [7, 11) is 1.36. The second-order valence-electron chi connectivity index (χ2n) is 9.62. The van der Waals surface area contributed by atoms with Crippen molar-refractivity contribution in [2.45, 2.75) is 84.0 Å². The van der Waals surface area contributed by atoms with Gasteiger partial charge in [-0.1, -0.05) is 75.1 Å². The van der Waals surface area contributed by atoms with Gasteiger partial charge in [0, 0.05) is 24.3 Å². The van der Waals surface area contributed by atoms with Crippen LogP contribution in [-0.4, -0.2) is 24.6 Å². The number of benzene rings is 2. The average molecular weight is 463 g/mol. The Balaban J connectivity index is 1.77. The van der Waals surface area contributed by atoms with Crippen LogP contribution in [0.4, 0.5) is 0 Å². The first-order valence-corrected chi connectivity index (χ1v) is 12.8. The zero-order valence-corrected chi connectivity index (χ0v) is 20.9. The highest BCUT2D eigenvalue weighted by Gasteiger charge is 2.34. The van der Waals surface area contributed by atoms with E-state index < -0.39 is 5.92 Å². The third kappa shape index (κ3) is 6.65. The smallest absolute Gasteiger partial charge is 0.305 e. The molecule has 4 nitrogen and oxygen atoms in total. The Labute approximate surface area is 204 Å². The number of rotatable bonds is 11. The number of fused-ring (bicyclic) bond motifs is 1. The standard InChI is InChI=1S/C30H38O4/c1-4-5-6-7-8-11-22-14-16-25(21(2)18-22)30(33)27-20-28(31)24(15-17-29(32)34-3)19-23-12-9-10-13-26(23)27/h9-10,12-14,16,18,24,27H,4-8,11,15,17,19-20H2,1-3H3. The fourth-order valence-electron chi connectivity index (χ4n) is 5.09. The maximum atomic E-state index is 13.7. The van der Waals surface area contributed by atoms with Gasteiger partial charge in [-0.25, -0.2) is 0 Å². The first-order valence-electron chi connectivity index (χ1n) is 12.8. The van der Waals surface area contributed by atoms with Crippen molar-refractivity contribution < 1.29 is 19.1 Å². The van der Waals surface area contributed by atoms with Gasteiger partial charge in [0.05, 0.1) is 13.0 Å². The molecule has 3 rings (SSSR count). The van der Waals surface area contributed by atoms with Gasteiger partial charge in [-0.15, -0.1) is 0 Å². The normalized spacial score (nSPS) is 17.7. The third-order valence-corrected chi connectivity index (χ3v) is 7.12. The van der Waals surface area contributed by atoms with Crippen LogP contribution in [0, 0.1) is 12.8 Å². The van der Waals surface area contributed by atoms with E-state index >= 15 is 0 Å². The van der Waals surface area contributed by atoms with Gasteiger partial charge in [-0.3, -0.25) is 14.4 Å². The summed E-state index contributed by atoms with van der Waals surface area (Å²) < 4.78 is 4.75. The largest absolute Gasteiger partial charge is 0.469 e. The van der Waals surface area contributed by atoms with Gasteiger partial charge in [-0.2, -0.15) is 0 Å². The number of esters is 1. The van der Waals surface area contributed by atoms with Crippen molar-refractivity contribution in [3.8, 4) is 0 Å². The van der Waals surface area contributed by atoms with E-state index in [0.29, 0.717) is 18.4 Å². The van der Waals surface area contributed by atoms with Crippen LogP contribution in [0.1, 0.15) is 96.8 Å². The number of Topliss-reactive ketones (excluding diaryl/α,β-unsaturated/α-hetero) is 2. The Kier molecular flexibility index (Phi) is 9.62. The summed E-state index contributed by atoms with van der Waals surface area (Å²) in [6.45, 7) is 4.22. The van der Waals surface area contributed by atoms with Gasteiger partial charge >= 0.3 is 5.97 Å². The van der Waals surface area contributed by atoms with E-state index in [1.807, 2.05) is 37.3 Å².